The number of hydrogen-bond acceptors (Lipinski definition) is 8. The number of hydrogen-bond donors (Lipinski definition) is 2. The van der Waals surface area contributed by atoms with Crippen molar-refractivity contribution in [3.8, 4) is 0 Å². The Labute approximate surface area is 164 Å². The summed E-state index contributed by atoms with van der Waals surface area (Å²) >= 11 is 0. The minimum Gasteiger partial charge on any atom is -0.378 e. The predicted octanol–water partition coefficient (Wildman–Crippen LogP) is 1.85. The van der Waals surface area contributed by atoms with Crippen molar-refractivity contribution in [3.63, 3.8) is 0 Å². The Morgan fingerprint density at radius 1 is 0.964 bits per heavy atom. The van der Waals surface area contributed by atoms with Crippen LogP contribution in [0.3, 0.4) is 0 Å². The molecule has 1 aliphatic rings. The average Bonchev–Trinajstić information content (AvgIpc) is 2.77. The first-order valence-electron chi connectivity index (χ1n) is 9.70. The summed E-state index contributed by atoms with van der Waals surface area (Å²) < 4.78 is 5.43. The van der Waals surface area contributed by atoms with Gasteiger partial charge in [0.15, 0.2) is 17.0 Å². The van der Waals surface area contributed by atoms with Crippen LogP contribution in [0.4, 0.5) is 11.8 Å². The first kappa shape index (κ1) is 18.5. The van der Waals surface area contributed by atoms with Gasteiger partial charge in [-0.3, -0.25) is 0 Å². The predicted molar refractivity (Wildman–Crippen MR) is 109 cm³/mol. The van der Waals surface area contributed by atoms with E-state index in [1.54, 1.807) is 12.4 Å². The van der Waals surface area contributed by atoms with Gasteiger partial charge in [0.05, 0.1) is 13.2 Å². The summed E-state index contributed by atoms with van der Waals surface area (Å²) in [5, 5.41) is 6.88. The summed E-state index contributed by atoms with van der Waals surface area (Å²) in [7, 11) is 0. The van der Waals surface area contributed by atoms with E-state index < -0.39 is 0 Å². The SMILES string of the molecule is c1ccc(CNCCCNc2nc(N3CCOCC3)nc3nccnc23)cc1. The van der Waals surface area contributed by atoms with Crippen LogP contribution in [0.2, 0.25) is 0 Å². The van der Waals surface area contributed by atoms with Gasteiger partial charge in [0.1, 0.15) is 0 Å². The Balaban J connectivity index is 1.35. The molecule has 8 nitrogen and oxygen atoms in total. The molecule has 1 aliphatic heterocycles. The number of rotatable bonds is 8. The number of benzene rings is 1. The van der Waals surface area contributed by atoms with E-state index in [0.717, 1.165) is 45.0 Å². The van der Waals surface area contributed by atoms with Gasteiger partial charge in [-0.25, -0.2) is 9.97 Å². The Hall–Kier alpha value is -2.84. The monoisotopic (exact) mass is 379 g/mol. The Kier molecular flexibility index (Phi) is 6.21. The number of morpholine rings is 1. The zero-order valence-electron chi connectivity index (χ0n) is 15.8. The van der Waals surface area contributed by atoms with Gasteiger partial charge >= 0.3 is 0 Å². The van der Waals surface area contributed by atoms with Crippen molar-refractivity contribution < 1.29 is 4.74 Å². The molecule has 3 heterocycles. The van der Waals surface area contributed by atoms with Crippen molar-refractivity contribution in [2.75, 3.05) is 49.6 Å². The molecule has 0 spiro atoms. The highest BCUT2D eigenvalue weighted by atomic mass is 16.5. The fourth-order valence-corrected chi connectivity index (χ4v) is 3.13. The Bertz CT molecular complexity index is 884. The molecule has 0 radical (unpaired) electrons. The van der Waals surface area contributed by atoms with E-state index in [0.29, 0.717) is 30.3 Å². The Morgan fingerprint density at radius 3 is 2.64 bits per heavy atom. The third-order valence-electron chi connectivity index (χ3n) is 4.61. The summed E-state index contributed by atoms with van der Waals surface area (Å²) in [5.74, 6) is 1.42. The summed E-state index contributed by atoms with van der Waals surface area (Å²) in [5.41, 5.74) is 2.61. The summed E-state index contributed by atoms with van der Waals surface area (Å²) in [6, 6.07) is 10.4. The molecule has 4 rings (SSSR count). The lowest BCUT2D eigenvalue weighted by atomic mass is 10.2. The standard InChI is InChI=1S/C20H25N7O/c1-2-5-16(6-3-1)15-21-7-4-8-23-18-17-19(24-10-9-22-17)26-20(25-18)27-11-13-28-14-12-27/h1-3,5-6,9-10,21H,4,7-8,11-15H2,(H,23,24,25,26). The highest BCUT2D eigenvalue weighted by Crippen LogP contribution is 2.20. The zero-order chi connectivity index (χ0) is 19.0. The van der Waals surface area contributed by atoms with Crippen LogP contribution in [-0.4, -0.2) is 59.3 Å². The second-order valence-corrected chi connectivity index (χ2v) is 6.64. The number of fused-ring (bicyclic) bond motifs is 1. The van der Waals surface area contributed by atoms with Gasteiger partial charge in [-0.15, -0.1) is 0 Å². The molecule has 0 atom stereocenters. The molecule has 0 saturated carbocycles. The van der Waals surface area contributed by atoms with E-state index in [1.165, 1.54) is 5.56 Å². The maximum absolute atomic E-state index is 5.43. The van der Waals surface area contributed by atoms with Crippen LogP contribution < -0.4 is 15.5 Å². The Morgan fingerprint density at radius 2 is 1.79 bits per heavy atom. The molecule has 28 heavy (non-hydrogen) atoms. The molecule has 0 unspecified atom stereocenters. The first-order valence-corrected chi connectivity index (χ1v) is 9.70. The number of nitrogens with one attached hydrogen (secondary N) is 2. The van der Waals surface area contributed by atoms with Gasteiger partial charge in [0.2, 0.25) is 5.95 Å². The van der Waals surface area contributed by atoms with E-state index in [1.807, 2.05) is 6.07 Å². The number of aromatic nitrogens is 4. The molecular formula is C20H25N7O. The molecule has 0 aliphatic carbocycles. The van der Waals surface area contributed by atoms with E-state index in [2.05, 4.69) is 54.8 Å². The molecule has 0 bridgehead atoms. The third-order valence-corrected chi connectivity index (χ3v) is 4.61. The van der Waals surface area contributed by atoms with Crippen LogP contribution in [0.15, 0.2) is 42.7 Å². The minimum atomic E-state index is 0.615. The molecule has 8 heteroatoms. The maximum Gasteiger partial charge on any atom is 0.229 e. The fraction of sp³-hybridized carbons (Fsp3) is 0.400. The molecule has 0 amide bonds. The number of nitrogens with zero attached hydrogens (tertiary/aromatic N) is 5. The summed E-state index contributed by atoms with van der Waals surface area (Å²) in [6.45, 7) is 5.56. The van der Waals surface area contributed by atoms with Crippen LogP contribution in [-0.2, 0) is 11.3 Å². The third kappa shape index (κ3) is 4.71. The van der Waals surface area contributed by atoms with E-state index in [4.69, 9.17) is 9.72 Å². The molecule has 2 N–H and O–H groups in total. The van der Waals surface area contributed by atoms with Gasteiger partial charge in [-0.2, -0.15) is 9.97 Å². The normalized spacial score (nSPS) is 14.4. The van der Waals surface area contributed by atoms with Crippen molar-refractivity contribution in [1.29, 1.82) is 0 Å². The lowest BCUT2D eigenvalue weighted by Gasteiger charge is -2.27. The van der Waals surface area contributed by atoms with Crippen molar-refractivity contribution in [3.05, 3.63) is 48.3 Å². The molecule has 2 aromatic heterocycles. The molecule has 146 valence electrons. The van der Waals surface area contributed by atoms with Gasteiger partial charge < -0.3 is 20.3 Å². The molecule has 1 fully saturated rings. The van der Waals surface area contributed by atoms with Crippen molar-refractivity contribution in [2.45, 2.75) is 13.0 Å². The molecular weight excluding hydrogens is 354 g/mol. The second-order valence-electron chi connectivity index (χ2n) is 6.64. The highest BCUT2D eigenvalue weighted by molar-refractivity contribution is 5.83. The topological polar surface area (TPSA) is 88.1 Å². The van der Waals surface area contributed by atoms with E-state index in [9.17, 15) is 0 Å². The van der Waals surface area contributed by atoms with Crippen LogP contribution in [0.5, 0.6) is 0 Å². The maximum atomic E-state index is 5.43. The lowest BCUT2D eigenvalue weighted by molar-refractivity contribution is 0.122. The van der Waals surface area contributed by atoms with Gasteiger partial charge in [-0.1, -0.05) is 30.3 Å². The second kappa shape index (κ2) is 9.38. The van der Waals surface area contributed by atoms with E-state index >= 15 is 0 Å². The molecule has 3 aromatic rings. The zero-order valence-corrected chi connectivity index (χ0v) is 15.8. The van der Waals surface area contributed by atoms with Gasteiger partial charge in [0.25, 0.3) is 0 Å². The average molecular weight is 379 g/mol. The summed E-state index contributed by atoms with van der Waals surface area (Å²) in [6.07, 6.45) is 4.31. The number of anilines is 2. The van der Waals surface area contributed by atoms with Crippen LogP contribution in [0.1, 0.15) is 12.0 Å². The first-order chi connectivity index (χ1) is 13.9. The summed E-state index contributed by atoms with van der Waals surface area (Å²) in [4.78, 5) is 20.2. The van der Waals surface area contributed by atoms with Crippen LogP contribution >= 0.6 is 0 Å². The quantitative estimate of drug-likeness (QED) is 0.574. The van der Waals surface area contributed by atoms with Gasteiger partial charge in [0, 0.05) is 38.6 Å². The fourth-order valence-electron chi connectivity index (χ4n) is 3.13. The minimum absolute atomic E-state index is 0.615. The van der Waals surface area contributed by atoms with Crippen molar-refractivity contribution in [1.82, 2.24) is 25.3 Å². The highest BCUT2D eigenvalue weighted by Gasteiger charge is 2.17. The molecule has 1 saturated heterocycles. The van der Waals surface area contributed by atoms with Crippen molar-refractivity contribution >= 4 is 22.9 Å². The van der Waals surface area contributed by atoms with Crippen LogP contribution in [0.25, 0.3) is 11.2 Å². The van der Waals surface area contributed by atoms with E-state index in [-0.39, 0.29) is 0 Å². The smallest absolute Gasteiger partial charge is 0.229 e. The largest absolute Gasteiger partial charge is 0.378 e. The van der Waals surface area contributed by atoms with Gasteiger partial charge in [-0.05, 0) is 18.5 Å². The number of ether oxygens (including phenoxy) is 1. The lowest BCUT2D eigenvalue weighted by Crippen LogP contribution is -2.37. The van der Waals surface area contributed by atoms with Crippen molar-refractivity contribution in [2.24, 2.45) is 0 Å². The van der Waals surface area contributed by atoms with Crippen LogP contribution in [0, 0.1) is 0 Å². The molecule has 1 aromatic carbocycles.